The van der Waals surface area contributed by atoms with Gasteiger partial charge in [0.15, 0.2) is 8.32 Å². The van der Waals surface area contributed by atoms with Crippen LogP contribution in [0.2, 0.25) is 19.1 Å². The Morgan fingerprint density at radius 2 is 2.00 bits per heavy atom. The van der Waals surface area contributed by atoms with E-state index in [9.17, 15) is 5.11 Å². The molecule has 3 heteroatoms. The van der Waals surface area contributed by atoms with Gasteiger partial charge in [-0.05, 0) is 38.4 Å². The SMILES string of the molecule is CC1(C)[C@H]2CCC[C@]1(O)C[Si](C)(C)O2. The van der Waals surface area contributed by atoms with Gasteiger partial charge in [-0.25, -0.2) is 0 Å². The predicted molar refractivity (Wildman–Crippen MR) is 59.7 cm³/mol. The summed E-state index contributed by atoms with van der Waals surface area (Å²) in [4.78, 5) is 0. The molecule has 1 saturated carbocycles. The molecule has 1 aliphatic carbocycles. The zero-order valence-electron chi connectivity index (χ0n) is 9.76. The minimum atomic E-state index is -1.60. The maximum atomic E-state index is 10.7. The van der Waals surface area contributed by atoms with Crippen molar-refractivity contribution in [2.45, 2.75) is 64.0 Å². The molecule has 14 heavy (non-hydrogen) atoms. The van der Waals surface area contributed by atoms with Crippen LogP contribution in [0.5, 0.6) is 0 Å². The van der Waals surface area contributed by atoms with Crippen LogP contribution in [0.4, 0.5) is 0 Å². The molecule has 1 heterocycles. The Morgan fingerprint density at radius 1 is 1.36 bits per heavy atom. The smallest absolute Gasteiger partial charge is 0.190 e. The van der Waals surface area contributed by atoms with Crippen LogP contribution in [-0.2, 0) is 4.43 Å². The molecule has 1 N–H and O–H groups in total. The standard InChI is InChI=1S/C11H22O2Si/c1-10(2)9-6-5-7-11(10,12)8-14(3,4)13-9/h9,12H,5-8H2,1-4H3/t9-,11+/m1/s1. The molecule has 2 fully saturated rings. The van der Waals surface area contributed by atoms with Crippen LogP contribution in [0.1, 0.15) is 33.1 Å². The predicted octanol–water partition coefficient (Wildman–Crippen LogP) is 2.53. The van der Waals surface area contributed by atoms with E-state index in [0.717, 1.165) is 25.3 Å². The summed E-state index contributed by atoms with van der Waals surface area (Å²) in [5.74, 6) is 0. The van der Waals surface area contributed by atoms with Gasteiger partial charge in [0.05, 0.1) is 11.7 Å². The summed E-state index contributed by atoms with van der Waals surface area (Å²) in [6, 6.07) is 0.906. The van der Waals surface area contributed by atoms with Crippen molar-refractivity contribution >= 4 is 8.32 Å². The third-order valence-electron chi connectivity index (χ3n) is 4.24. The van der Waals surface area contributed by atoms with Crippen molar-refractivity contribution in [3.8, 4) is 0 Å². The molecule has 2 bridgehead atoms. The third kappa shape index (κ3) is 1.37. The highest BCUT2D eigenvalue weighted by molar-refractivity contribution is 6.71. The number of hydrogen-bond donors (Lipinski definition) is 1. The first-order chi connectivity index (χ1) is 6.27. The van der Waals surface area contributed by atoms with Crippen LogP contribution < -0.4 is 0 Å². The molecule has 82 valence electrons. The average Bonchev–Trinajstić information content (AvgIpc) is 1.95. The third-order valence-corrected chi connectivity index (χ3v) is 6.60. The van der Waals surface area contributed by atoms with E-state index in [4.69, 9.17) is 4.43 Å². The van der Waals surface area contributed by atoms with Crippen LogP contribution in [0.15, 0.2) is 0 Å². The summed E-state index contributed by atoms with van der Waals surface area (Å²) in [5.41, 5.74) is -0.502. The molecule has 2 rings (SSSR count). The quantitative estimate of drug-likeness (QED) is 0.628. The van der Waals surface area contributed by atoms with Gasteiger partial charge in [-0.3, -0.25) is 0 Å². The number of fused-ring (bicyclic) bond motifs is 2. The van der Waals surface area contributed by atoms with E-state index >= 15 is 0 Å². The molecule has 0 spiro atoms. The Labute approximate surface area is 87.8 Å². The first-order valence-corrected chi connectivity index (χ1v) is 8.79. The molecule has 0 aromatic heterocycles. The fourth-order valence-corrected chi connectivity index (χ4v) is 6.52. The van der Waals surface area contributed by atoms with E-state index in [2.05, 4.69) is 26.9 Å². The Hall–Kier alpha value is 0.137. The lowest BCUT2D eigenvalue weighted by atomic mass is 9.64. The van der Waals surface area contributed by atoms with Gasteiger partial charge in [0.2, 0.25) is 0 Å². The van der Waals surface area contributed by atoms with E-state index in [1.807, 2.05) is 0 Å². The molecule has 2 aliphatic rings. The van der Waals surface area contributed by atoms with E-state index in [1.54, 1.807) is 0 Å². The van der Waals surface area contributed by atoms with Crippen molar-refractivity contribution in [2.24, 2.45) is 5.41 Å². The summed E-state index contributed by atoms with van der Waals surface area (Å²) >= 11 is 0. The van der Waals surface area contributed by atoms with Crippen molar-refractivity contribution in [1.82, 2.24) is 0 Å². The molecule has 0 radical (unpaired) electrons. The molecule has 0 aromatic rings. The summed E-state index contributed by atoms with van der Waals surface area (Å²) in [6.45, 7) is 8.79. The second-order valence-electron chi connectivity index (χ2n) is 6.19. The Morgan fingerprint density at radius 3 is 2.57 bits per heavy atom. The fraction of sp³-hybridized carbons (Fsp3) is 1.00. The van der Waals surface area contributed by atoms with E-state index < -0.39 is 13.9 Å². The number of aliphatic hydroxyl groups is 1. The molecule has 1 aliphatic heterocycles. The topological polar surface area (TPSA) is 29.5 Å². The maximum absolute atomic E-state index is 10.7. The lowest BCUT2D eigenvalue weighted by Gasteiger charge is -2.58. The molecule has 1 saturated heterocycles. The van der Waals surface area contributed by atoms with E-state index in [0.29, 0.717) is 0 Å². The summed E-state index contributed by atoms with van der Waals surface area (Å²) in [6.07, 6.45) is 3.51. The van der Waals surface area contributed by atoms with Gasteiger partial charge in [-0.15, -0.1) is 0 Å². The van der Waals surface area contributed by atoms with Gasteiger partial charge in [0, 0.05) is 5.41 Å². The van der Waals surface area contributed by atoms with Gasteiger partial charge in [-0.1, -0.05) is 13.8 Å². The van der Waals surface area contributed by atoms with Crippen LogP contribution in [0, 0.1) is 5.41 Å². The summed E-state index contributed by atoms with van der Waals surface area (Å²) in [5, 5.41) is 10.7. The molecule has 0 aromatic carbocycles. The largest absolute Gasteiger partial charge is 0.414 e. The minimum absolute atomic E-state index is 0.0478. The van der Waals surface area contributed by atoms with Gasteiger partial charge >= 0.3 is 0 Å². The first kappa shape index (κ1) is 10.6. The van der Waals surface area contributed by atoms with E-state index in [1.165, 1.54) is 0 Å². The molecule has 2 nitrogen and oxygen atoms in total. The van der Waals surface area contributed by atoms with Crippen molar-refractivity contribution in [3.05, 3.63) is 0 Å². The first-order valence-electron chi connectivity index (χ1n) is 5.67. The molecule has 2 atom stereocenters. The van der Waals surface area contributed by atoms with Crippen LogP contribution in [-0.4, -0.2) is 25.1 Å². The van der Waals surface area contributed by atoms with Crippen molar-refractivity contribution < 1.29 is 9.53 Å². The van der Waals surface area contributed by atoms with Gasteiger partial charge in [-0.2, -0.15) is 0 Å². The lowest BCUT2D eigenvalue weighted by Crippen LogP contribution is -2.65. The van der Waals surface area contributed by atoms with Crippen molar-refractivity contribution in [3.63, 3.8) is 0 Å². The Balaban J connectivity index is 2.34. The molecule has 0 unspecified atom stereocenters. The summed E-state index contributed by atoms with van der Waals surface area (Å²) < 4.78 is 6.20. The Bertz CT molecular complexity index is 250. The fourth-order valence-electron chi connectivity index (χ4n) is 3.22. The molecule has 0 amide bonds. The molecular weight excluding hydrogens is 192 g/mol. The average molecular weight is 214 g/mol. The van der Waals surface area contributed by atoms with Gasteiger partial charge in [0.25, 0.3) is 0 Å². The zero-order chi connectivity index (χ0) is 10.6. The Kier molecular flexibility index (Phi) is 2.15. The monoisotopic (exact) mass is 214 g/mol. The lowest BCUT2D eigenvalue weighted by molar-refractivity contribution is -0.159. The molecular formula is C11H22O2Si. The van der Waals surface area contributed by atoms with Gasteiger partial charge in [0.1, 0.15) is 0 Å². The number of hydrogen-bond acceptors (Lipinski definition) is 2. The van der Waals surface area contributed by atoms with Crippen LogP contribution in [0.3, 0.4) is 0 Å². The van der Waals surface area contributed by atoms with Gasteiger partial charge < -0.3 is 9.53 Å². The second-order valence-corrected chi connectivity index (χ2v) is 10.3. The number of rotatable bonds is 0. The van der Waals surface area contributed by atoms with Crippen molar-refractivity contribution in [1.29, 1.82) is 0 Å². The highest BCUT2D eigenvalue weighted by Gasteiger charge is 2.58. The maximum Gasteiger partial charge on any atom is 0.190 e. The second kappa shape index (κ2) is 2.83. The summed E-state index contributed by atoms with van der Waals surface area (Å²) in [7, 11) is -1.60. The van der Waals surface area contributed by atoms with Crippen molar-refractivity contribution in [2.75, 3.05) is 0 Å². The van der Waals surface area contributed by atoms with Crippen LogP contribution >= 0.6 is 0 Å². The van der Waals surface area contributed by atoms with E-state index in [-0.39, 0.29) is 11.5 Å². The highest BCUT2D eigenvalue weighted by Crippen LogP contribution is 2.53. The zero-order valence-corrected chi connectivity index (χ0v) is 10.8. The van der Waals surface area contributed by atoms with Crippen LogP contribution in [0.25, 0.3) is 0 Å². The highest BCUT2D eigenvalue weighted by atomic mass is 28.4. The normalized spacial score (nSPS) is 44.8. The minimum Gasteiger partial charge on any atom is -0.414 e.